The highest BCUT2D eigenvalue weighted by atomic mass is 35.5. The van der Waals surface area contributed by atoms with Crippen LogP contribution in [0.1, 0.15) is 32.3 Å². The minimum absolute atomic E-state index is 0.0212. The average molecular weight is 412 g/mol. The molecule has 1 aliphatic rings. The van der Waals surface area contributed by atoms with E-state index in [0.717, 1.165) is 5.56 Å². The topological polar surface area (TPSA) is 88.0 Å². The van der Waals surface area contributed by atoms with Crippen LogP contribution in [0.25, 0.3) is 0 Å². The Bertz CT molecular complexity index is 668. The highest BCUT2D eigenvalue weighted by Crippen LogP contribution is 2.35. The van der Waals surface area contributed by atoms with E-state index in [0.29, 0.717) is 11.6 Å². The van der Waals surface area contributed by atoms with Crippen molar-refractivity contribution < 1.29 is 24.5 Å². The third kappa shape index (κ3) is 6.03. The monoisotopic (exact) mass is 411 g/mol. The van der Waals surface area contributed by atoms with Crippen LogP contribution >= 0.6 is 11.6 Å². The van der Waals surface area contributed by atoms with Crippen molar-refractivity contribution in [3.05, 3.63) is 47.5 Å². The molecule has 1 amide bonds. The van der Waals surface area contributed by atoms with Gasteiger partial charge in [-0.15, -0.1) is 6.58 Å². The number of aliphatic hydroxyl groups is 2. The van der Waals surface area contributed by atoms with Crippen LogP contribution < -0.4 is 5.32 Å². The van der Waals surface area contributed by atoms with Gasteiger partial charge in [-0.25, -0.2) is 0 Å². The summed E-state index contributed by atoms with van der Waals surface area (Å²) in [6, 6.07) is 7.19. The summed E-state index contributed by atoms with van der Waals surface area (Å²) in [4.78, 5) is 13.1. The summed E-state index contributed by atoms with van der Waals surface area (Å²) in [5, 5.41) is 24.2. The molecule has 28 heavy (non-hydrogen) atoms. The van der Waals surface area contributed by atoms with Crippen LogP contribution in [0.5, 0.6) is 0 Å². The first-order valence-corrected chi connectivity index (χ1v) is 9.90. The molecule has 1 saturated carbocycles. The molecule has 0 bridgehead atoms. The van der Waals surface area contributed by atoms with Crippen molar-refractivity contribution in [2.45, 2.75) is 57.2 Å². The molecule has 0 radical (unpaired) electrons. The van der Waals surface area contributed by atoms with Gasteiger partial charge in [-0.1, -0.05) is 43.7 Å². The molecule has 0 unspecified atom stereocenters. The van der Waals surface area contributed by atoms with Gasteiger partial charge in [0.1, 0.15) is 6.10 Å². The zero-order valence-corrected chi connectivity index (χ0v) is 17.2. The molecule has 2 rings (SSSR count). The summed E-state index contributed by atoms with van der Waals surface area (Å²) in [7, 11) is 0. The smallest absolute Gasteiger partial charge is 0.252 e. The number of benzene rings is 1. The molecule has 3 N–H and O–H groups in total. The lowest BCUT2D eigenvalue weighted by Gasteiger charge is -2.43. The van der Waals surface area contributed by atoms with Gasteiger partial charge in [0.25, 0.3) is 5.91 Å². The van der Waals surface area contributed by atoms with Gasteiger partial charge in [-0.05, 0) is 23.6 Å². The van der Waals surface area contributed by atoms with Gasteiger partial charge in [-0.2, -0.15) is 0 Å². The second-order valence-corrected chi connectivity index (χ2v) is 8.08. The lowest BCUT2D eigenvalue weighted by atomic mass is 9.78. The lowest BCUT2D eigenvalue weighted by molar-refractivity contribution is -0.196. The van der Waals surface area contributed by atoms with E-state index < -0.39 is 23.9 Å². The van der Waals surface area contributed by atoms with E-state index in [9.17, 15) is 15.0 Å². The van der Waals surface area contributed by atoms with Gasteiger partial charge >= 0.3 is 0 Å². The number of halogens is 1. The Morgan fingerprint density at radius 2 is 2.18 bits per heavy atom. The van der Waals surface area contributed by atoms with Gasteiger partial charge < -0.3 is 25.0 Å². The van der Waals surface area contributed by atoms with Crippen LogP contribution in [0.3, 0.4) is 0 Å². The zero-order chi connectivity index (χ0) is 20.7. The third-order valence-corrected chi connectivity index (χ3v) is 5.00. The van der Waals surface area contributed by atoms with Crippen LogP contribution in [0.15, 0.2) is 36.9 Å². The molecule has 1 aliphatic carbocycles. The number of aliphatic hydroxyl groups excluding tert-OH is 2. The number of ether oxygens (including phenoxy) is 2. The number of rotatable bonds is 9. The van der Waals surface area contributed by atoms with Gasteiger partial charge in [0.2, 0.25) is 0 Å². The van der Waals surface area contributed by atoms with Crippen molar-refractivity contribution in [3.63, 3.8) is 0 Å². The van der Waals surface area contributed by atoms with Gasteiger partial charge in [0.15, 0.2) is 5.60 Å². The van der Waals surface area contributed by atoms with E-state index in [4.69, 9.17) is 21.1 Å². The molecular formula is C21H30ClNO5. The molecule has 0 saturated heterocycles. The molecule has 4 atom stereocenters. The third-order valence-electron chi connectivity index (χ3n) is 4.76. The van der Waals surface area contributed by atoms with E-state index in [1.807, 2.05) is 26.0 Å². The summed E-state index contributed by atoms with van der Waals surface area (Å²) < 4.78 is 11.7. The summed E-state index contributed by atoms with van der Waals surface area (Å²) >= 11 is 6.03. The quantitative estimate of drug-likeness (QED) is 0.543. The molecule has 0 spiro atoms. The van der Waals surface area contributed by atoms with E-state index in [1.165, 1.54) is 0 Å². The maximum atomic E-state index is 13.1. The fraction of sp³-hybridized carbons (Fsp3) is 0.571. The van der Waals surface area contributed by atoms with E-state index in [2.05, 4.69) is 11.9 Å². The number of carbonyl (C=O) groups is 1. The molecular weight excluding hydrogens is 382 g/mol. The number of carbonyl (C=O) groups excluding carboxylic acids is 1. The van der Waals surface area contributed by atoms with Gasteiger partial charge in [0.05, 0.1) is 25.4 Å². The standard InChI is InChI=1S/C21H30ClNO5/c1-4-8-27-18-11-21(10-17(24)19(18)25,20(26)23-12-14(2)3)28-13-15-6-5-7-16(22)9-15/h4-7,9,14,17-19,24-25H,1,8,10-13H2,2-3H3,(H,23,26)/t17-,18+,19-,21+/m1/s1. The zero-order valence-electron chi connectivity index (χ0n) is 16.4. The first kappa shape index (κ1) is 22.8. The van der Waals surface area contributed by atoms with Crippen LogP contribution in [0.4, 0.5) is 0 Å². The summed E-state index contributed by atoms with van der Waals surface area (Å²) in [5.74, 6) is -0.0535. The fourth-order valence-corrected chi connectivity index (χ4v) is 3.47. The number of nitrogens with one attached hydrogen (secondary N) is 1. The van der Waals surface area contributed by atoms with Crippen molar-refractivity contribution in [2.75, 3.05) is 13.2 Å². The Kier molecular flexibility index (Phi) is 8.46. The molecule has 0 aromatic heterocycles. The highest BCUT2D eigenvalue weighted by Gasteiger charge is 2.51. The van der Waals surface area contributed by atoms with Crippen molar-refractivity contribution in [1.82, 2.24) is 5.32 Å². The maximum absolute atomic E-state index is 13.1. The first-order chi connectivity index (χ1) is 13.3. The second-order valence-electron chi connectivity index (χ2n) is 7.64. The Morgan fingerprint density at radius 1 is 1.43 bits per heavy atom. The molecule has 6 nitrogen and oxygen atoms in total. The number of hydrogen-bond acceptors (Lipinski definition) is 5. The summed E-state index contributed by atoms with van der Waals surface area (Å²) in [6.45, 7) is 8.42. The summed E-state index contributed by atoms with van der Waals surface area (Å²) in [5.41, 5.74) is -0.505. The Balaban J connectivity index is 2.23. The van der Waals surface area contributed by atoms with E-state index >= 15 is 0 Å². The van der Waals surface area contributed by atoms with E-state index in [-0.39, 0.29) is 37.9 Å². The highest BCUT2D eigenvalue weighted by molar-refractivity contribution is 6.30. The summed E-state index contributed by atoms with van der Waals surface area (Å²) in [6.07, 6.45) is -1.32. The van der Waals surface area contributed by atoms with Gasteiger partial charge in [0, 0.05) is 24.4 Å². The van der Waals surface area contributed by atoms with Crippen LogP contribution in [0.2, 0.25) is 5.02 Å². The number of hydrogen-bond donors (Lipinski definition) is 3. The second kappa shape index (κ2) is 10.4. The van der Waals surface area contributed by atoms with Crippen LogP contribution in [-0.4, -0.2) is 53.2 Å². The van der Waals surface area contributed by atoms with Crippen molar-refractivity contribution in [1.29, 1.82) is 0 Å². The SMILES string of the molecule is C=CCO[C@H]1C[C@](OCc2cccc(Cl)c2)(C(=O)NCC(C)C)C[C@@H](O)[C@H]1O. The number of amides is 1. The first-order valence-electron chi connectivity index (χ1n) is 9.52. The largest absolute Gasteiger partial charge is 0.390 e. The molecule has 156 valence electrons. The molecule has 7 heteroatoms. The predicted molar refractivity (Wildman–Crippen MR) is 108 cm³/mol. The molecule has 0 heterocycles. The average Bonchev–Trinajstić information content (AvgIpc) is 2.66. The van der Waals surface area contributed by atoms with Crippen LogP contribution in [-0.2, 0) is 20.9 Å². The predicted octanol–water partition coefficient (Wildman–Crippen LogP) is 2.45. The fourth-order valence-electron chi connectivity index (χ4n) is 3.26. The van der Waals surface area contributed by atoms with Crippen molar-refractivity contribution >= 4 is 17.5 Å². The normalized spacial score (nSPS) is 27.6. The molecule has 1 aromatic carbocycles. The van der Waals surface area contributed by atoms with Crippen molar-refractivity contribution in [3.8, 4) is 0 Å². The Hall–Kier alpha value is -1.44. The van der Waals surface area contributed by atoms with Gasteiger partial charge in [-0.3, -0.25) is 4.79 Å². The lowest BCUT2D eigenvalue weighted by Crippen LogP contribution is -2.61. The minimum atomic E-state index is -1.32. The Labute approximate surface area is 171 Å². The molecule has 1 aromatic rings. The Morgan fingerprint density at radius 3 is 2.82 bits per heavy atom. The van der Waals surface area contributed by atoms with E-state index in [1.54, 1.807) is 18.2 Å². The van der Waals surface area contributed by atoms with Crippen LogP contribution in [0, 0.1) is 5.92 Å². The maximum Gasteiger partial charge on any atom is 0.252 e. The molecule has 0 aliphatic heterocycles. The molecule has 1 fully saturated rings. The van der Waals surface area contributed by atoms with Crippen molar-refractivity contribution in [2.24, 2.45) is 5.92 Å². The minimum Gasteiger partial charge on any atom is -0.390 e.